The van der Waals surface area contributed by atoms with E-state index in [1.165, 1.54) is 17.7 Å². The lowest BCUT2D eigenvalue weighted by atomic mass is 9.97. The van der Waals surface area contributed by atoms with Gasteiger partial charge in [0.25, 0.3) is 0 Å². The SMILES string of the molecule is COCCOC(=O)c1c(C)oc2ccc(O)c(C[NH+]3CCC(C)CC3)c12. The molecule has 1 aromatic heterocycles. The lowest BCUT2D eigenvalue weighted by Crippen LogP contribution is -3.11. The maximum absolute atomic E-state index is 12.6. The topological polar surface area (TPSA) is 73.3 Å². The molecular formula is C20H28NO5+. The quantitative estimate of drug-likeness (QED) is 0.608. The summed E-state index contributed by atoms with van der Waals surface area (Å²) in [6.07, 6.45) is 2.37. The van der Waals surface area contributed by atoms with Crippen LogP contribution >= 0.6 is 0 Å². The van der Waals surface area contributed by atoms with E-state index in [2.05, 4.69) is 6.92 Å². The highest BCUT2D eigenvalue weighted by molar-refractivity contribution is 6.06. The standard InChI is InChI=1S/C20H27NO5/c1-13-6-8-21(9-7-13)12-15-16(22)4-5-17-19(15)18(14(2)26-17)20(23)25-11-10-24-3/h4-5,13,22H,6-12H2,1-3H3/p+1. The molecule has 0 unspecified atom stereocenters. The Kier molecular flexibility index (Phi) is 5.84. The van der Waals surface area contributed by atoms with Crippen molar-refractivity contribution >= 4 is 16.9 Å². The number of carbonyl (C=O) groups is 1. The number of methoxy groups -OCH3 is 1. The normalized spacial score (nSPS) is 20.4. The smallest absolute Gasteiger partial charge is 0.342 e. The first-order valence-electron chi connectivity index (χ1n) is 9.24. The zero-order valence-corrected chi connectivity index (χ0v) is 15.8. The zero-order chi connectivity index (χ0) is 18.7. The molecule has 1 aliphatic rings. The van der Waals surface area contributed by atoms with Gasteiger partial charge in [-0.25, -0.2) is 4.79 Å². The van der Waals surface area contributed by atoms with Gasteiger partial charge in [0.2, 0.25) is 0 Å². The Balaban J connectivity index is 1.94. The molecule has 0 atom stereocenters. The van der Waals surface area contributed by atoms with E-state index in [9.17, 15) is 9.90 Å². The predicted molar refractivity (Wildman–Crippen MR) is 97.6 cm³/mol. The van der Waals surface area contributed by atoms with E-state index < -0.39 is 5.97 Å². The Bertz CT molecular complexity index is 774. The van der Waals surface area contributed by atoms with Crippen LogP contribution in [0, 0.1) is 12.8 Å². The van der Waals surface area contributed by atoms with Crippen LogP contribution in [-0.2, 0) is 16.0 Å². The fourth-order valence-corrected chi connectivity index (χ4v) is 3.68. The number of phenolic OH excluding ortho intramolecular Hbond substituents is 1. The Morgan fingerprint density at radius 3 is 2.73 bits per heavy atom. The average Bonchev–Trinajstić information content (AvgIpc) is 2.96. The van der Waals surface area contributed by atoms with Crippen LogP contribution in [0.1, 0.15) is 41.4 Å². The largest absolute Gasteiger partial charge is 0.507 e. The first-order chi connectivity index (χ1) is 12.5. The number of nitrogens with one attached hydrogen (secondary N) is 1. The molecule has 1 saturated heterocycles. The average molecular weight is 362 g/mol. The van der Waals surface area contributed by atoms with Crippen molar-refractivity contribution in [3.05, 3.63) is 29.0 Å². The zero-order valence-electron chi connectivity index (χ0n) is 15.8. The maximum Gasteiger partial charge on any atom is 0.342 e. The number of hydrogen-bond acceptors (Lipinski definition) is 5. The number of hydrogen-bond donors (Lipinski definition) is 2. The summed E-state index contributed by atoms with van der Waals surface area (Å²) < 4.78 is 16.0. The molecule has 6 nitrogen and oxygen atoms in total. The molecular weight excluding hydrogens is 334 g/mol. The van der Waals surface area contributed by atoms with E-state index in [0.717, 1.165) is 24.6 Å². The highest BCUT2D eigenvalue weighted by Gasteiger charge is 2.27. The van der Waals surface area contributed by atoms with Crippen molar-refractivity contribution in [2.75, 3.05) is 33.4 Å². The lowest BCUT2D eigenvalue weighted by molar-refractivity contribution is -0.919. The van der Waals surface area contributed by atoms with Gasteiger partial charge in [-0.2, -0.15) is 0 Å². The first kappa shape index (κ1) is 18.7. The van der Waals surface area contributed by atoms with E-state index in [1.54, 1.807) is 26.2 Å². The molecule has 2 heterocycles. The Morgan fingerprint density at radius 2 is 2.04 bits per heavy atom. The molecule has 6 heteroatoms. The Morgan fingerprint density at radius 1 is 1.31 bits per heavy atom. The van der Waals surface area contributed by atoms with Crippen LogP contribution in [0.15, 0.2) is 16.5 Å². The number of rotatable bonds is 6. The van der Waals surface area contributed by atoms with Gasteiger partial charge in [0.1, 0.15) is 35.8 Å². The molecule has 0 spiro atoms. The number of benzene rings is 1. The van der Waals surface area contributed by atoms with E-state index in [4.69, 9.17) is 13.9 Å². The number of aryl methyl sites for hydroxylation is 1. The predicted octanol–water partition coefficient (Wildman–Crippen LogP) is 2.06. The Hall–Kier alpha value is -2.05. The molecule has 0 aliphatic carbocycles. The molecule has 1 fully saturated rings. The van der Waals surface area contributed by atoms with Crippen LogP contribution in [0.4, 0.5) is 0 Å². The molecule has 26 heavy (non-hydrogen) atoms. The second kappa shape index (κ2) is 8.10. The van der Waals surface area contributed by atoms with Crippen LogP contribution in [0.5, 0.6) is 5.75 Å². The van der Waals surface area contributed by atoms with Gasteiger partial charge in [0, 0.05) is 12.5 Å². The second-order valence-corrected chi connectivity index (χ2v) is 7.21. The van der Waals surface area contributed by atoms with Gasteiger partial charge in [-0.1, -0.05) is 6.92 Å². The molecule has 0 saturated carbocycles. The minimum absolute atomic E-state index is 0.185. The molecule has 0 amide bonds. The van der Waals surface area contributed by atoms with E-state index in [-0.39, 0.29) is 12.4 Å². The van der Waals surface area contributed by atoms with Crippen LogP contribution in [0.2, 0.25) is 0 Å². The van der Waals surface area contributed by atoms with Gasteiger partial charge in [-0.15, -0.1) is 0 Å². The highest BCUT2D eigenvalue weighted by Crippen LogP contribution is 2.34. The third-order valence-electron chi connectivity index (χ3n) is 5.25. The maximum atomic E-state index is 12.6. The van der Waals surface area contributed by atoms with E-state index in [1.807, 2.05) is 0 Å². The first-order valence-corrected chi connectivity index (χ1v) is 9.24. The number of carbonyl (C=O) groups excluding carboxylic acids is 1. The second-order valence-electron chi connectivity index (χ2n) is 7.21. The molecule has 1 aliphatic heterocycles. The van der Waals surface area contributed by atoms with Gasteiger partial charge < -0.3 is 23.9 Å². The van der Waals surface area contributed by atoms with Gasteiger partial charge in [0.05, 0.1) is 25.3 Å². The van der Waals surface area contributed by atoms with Crippen molar-refractivity contribution in [2.45, 2.75) is 33.2 Å². The van der Waals surface area contributed by atoms with Gasteiger partial charge in [-0.05, 0) is 37.8 Å². The van der Waals surface area contributed by atoms with Gasteiger partial charge >= 0.3 is 5.97 Å². The van der Waals surface area contributed by atoms with Crippen LogP contribution in [0.25, 0.3) is 11.0 Å². The summed E-state index contributed by atoms with van der Waals surface area (Å²) in [5.74, 6) is 1.03. The number of fused-ring (bicyclic) bond motifs is 1. The fraction of sp³-hybridized carbons (Fsp3) is 0.550. The van der Waals surface area contributed by atoms with Gasteiger partial charge in [-0.3, -0.25) is 0 Å². The van der Waals surface area contributed by atoms with Crippen LogP contribution < -0.4 is 4.90 Å². The van der Waals surface area contributed by atoms with Crippen LogP contribution in [-0.4, -0.2) is 44.5 Å². The summed E-state index contributed by atoms with van der Waals surface area (Å²) in [5, 5.41) is 11.2. The number of aromatic hydroxyl groups is 1. The molecule has 0 radical (unpaired) electrons. The summed E-state index contributed by atoms with van der Waals surface area (Å²) in [4.78, 5) is 14.0. The number of phenols is 1. The third-order valence-corrected chi connectivity index (χ3v) is 5.25. The van der Waals surface area contributed by atoms with Crippen LogP contribution in [0.3, 0.4) is 0 Å². The monoisotopic (exact) mass is 362 g/mol. The number of likely N-dealkylation sites (tertiary alicyclic amines) is 1. The van der Waals surface area contributed by atoms with Crippen molar-refractivity contribution in [2.24, 2.45) is 5.92 Å². The molecule has 142 valence electrons. The minimum atomic E-state index is -0.438. The van der Waals surface area contributed by atoms with E-state index in [0.29, 0.717) is 35.4 Å². The summed E-state index contributed by atoms with van der Waals surface area (Å²) in [7, 11) is 1.56. The molecule has 2 N–H and O–H groups in total. The van der Waals surface area contributed by atoms with E-state index >= 15 is 0 Å². The molecule has 1 aromatic carbocycles. The van der Waals surface area contributed by atoms with Crippen molar-refractivity contribution in [1.82, 2.24) is 0 Å². The molecule has 3 rings (SSSR count). The summed E-state index contributed by atoms with van der Waals surface area (Å²) >= 11 is 0. The highest BCUT2D eigenvalue weighted by atomic mass is 16.6. The Labute approximate surface area is 153 Å². The summed E-state index contributed by atoms with van der Waals surface area (Å²) in [6.45, 7) is 7.38. The number of furan rings is 1. The van der Waals surface area contributed by atoms with Crippen molar-refractivity contribution in [3.63, 3.8) is 0 Å². The van der Waals surface area contributed by atoms with Crippen molar-refractivity contribution in [3.8, 4) is 5.75 Å². The number of esters is 1. The third kappa shape index (κ3) is 3.86. The van der Waals surface area contributed by atoms with Crippen molar-refractivity contribution in [1.29, 1.82) is 0 Å². The fourth-order valence-electron chi connectivity index (χ4n) is 3.68. The summed E-state index contributed by atoms with van der Waals surface area (Å²) in [5.41, 5.74) is 1.79. The minimum Gasteiger partial charge on any atom is -0.507 e. The molecule has 2 aromatic rings. The summed E-state index contributed by atoms with van der Waals surface area (Å²) in [6, 6.07) is 3.35. The number of quaternary nitrogens is 1. The lowest BCUT2D eigenvalue weighted by Gasteiger charge is -2.27. The van der Waals surface area contributed by atoms with Gasteiger partial charge in [0.15, 0.2) is 0 Å². The van der Waals surface area contributed by atoms with Crippen molar-refractivity contribution < 1.29 is 28.7 Å². The molecule has 0 bridgehead atoms. The number of piperidine rings is 1. The number of ether oxygens (including phenoxy) is 2.